The second-order valence-electron chi connectivity index (χ2n) is 4.18. The molecule has 0 saturated carbocycles. The Labute approximate surface area is 122 Å². The highest BCUT2D eigenvalue weighted by atomic mass is 32.2. The first-order valence-electron chi connectivity index (χ1n) is 5.98. The molecule has 0 aliphatic rings. The van der Waals surface area contributed by atoms with Crippen LogP contribution in [0, 0.1) is 0 Å². The van der Waals surface area contributed by atoms with E-state index in [0.29, 0.717) is 22.8 Å². The van der Waals surface area contributed by atoms with Crippen LogP contribution in [-0.4, -0.2) is 10.5 Å². The number of alkyl halides is 3. The molecule has 3 nitrogen and oxygen atoms in total. The number of rotatable bonds is 3. The van der Waals surface area contributed by atoms with Crippen LogP contribution in [0.5, 0.6) is 0 Å². The van der Waals surface area contributed by atoms with E-state index in [1.807, 2.05) is 18.2 Å². The fourth-order valence-corrected chi connectivity index (χ4v) is 2.33. The van der Waals surface area contributed by atoms with E-state index in [4.69, 9.17) is 4.42 Å². The third-order valence-corrected chi connectivity index (χ3v) is 3.37. The molecule has 0 amide bonds. The van der Waals surface area contributed by atoms with Crippen LogP contribution in [0.1, 0.15) is 0 Å². The number of hydrogen-bond acceptors (Lipinski definition) is 4. The van der Waals surface area contributed by atoms with E-state index in [-0.39, 0.29) is 16.7 Å². The fraction of sp³-hybridized carbons (Fsp3) is 0.0714. The van der Waals surface area contributed by atoms with Crippen molar-refractivity contribution in [3.63, 3.8) is 0 Å². The molecule has 2 aromatic carbocycles. The first-order valence-corrected chi connectivity index (χ1v) is 6.80. The SMILES string of the molecule is FC(F)(F)Sc1ccc(Nc2nc3ccccc3o2)cc1. The molecule has 0 fully saturated rings. The quantitative estimate of drug-likeness (QED) is 0.676. The average Bonchev–Trinajstić information content (AvgIpc) is 2.81. The van der Waals surface area contributed by atoms with Crippen LogP contribution >= 0.6 is 11.8 Å². The largest absolute Gasteiger partial charge is 0.446 e. The van der Waals surface area contributed by atoms with Crippen LogP contribution in [0.3, 0.4) is 0 Å². The Morgan fingerprint density at radius 1 is 1.00 bits per heavy atom. The molecule has 0 unspecified atom stereocenters. The van der Waals surface area contributed by atoms with E-state index in [1.54, 1.807) is 18.2 Å². The number of aromatic nitrogens is 1. The van der Waals surface area contributed by atoms with Gasteiger partial charge < -0.3 is 9.73 Å². The Balaban J connectivity index is 1.75. The third-order valence-electron chi connectivity index (χ3n) is 2.63. The number of oxazole rings is 1. The Morgan fingerprint density at radius 2 is 1.71 bits per heavy atom. The predicted molar refractivity (Wildman–Crippen MR) is 75.6 cm³/mol. The number of nitrogens with zero attached hydrogens (tertiary/aromatic N) is 1. The lowest BCUT2D eigenvalue weighted by atomic mass is 10.3. The van der Waals surface area contributed by atoms with Crippen LogP contribution in [0.2, 0.25) is 0 Å². The van der Waals surface area contributed by atoms with Crippen molar-refractivity contribution in [3.05, 3.63) is 48.5 Å². The van der Waals surface area contributed by atoms with Crippen molar-refractivity contribution >= 4 is 34.6 Å². The molecule has 0 atom stereocenters. The minimum atomic E-state index is -4.28. The number of nitrogens with one attached hydrogen (secondary N) is 1. The van der Waals surface area contributed by atoms with Crippen molar-refractivity contribution < 1.29 is 17.6 Å². The van der Waals surface area contributed by atoms with Gasteiger partial charge in [0.05, 0.1) is 0 Å². The van der Waals surface area contributed by atoms with Gasteiger partial charge in [0.15, 0.2) is 5.58 Å². The van der Waals surface area contributed by atoms with Crippen molar-refractivity contribution in [2.24, 2.45) is 0 Å². The first-order chi connectivity index (χ1) is 9.99. The van der Waals surface area contributed by atoms with E-state index in [2.05, 4.69) is 10.3 Å². The Kier molecular flexibility index (Phi) is 3.50. The van der Waals surface area contributed by atoms with Gasteiger partial charge >= 0.3 is 5.51 Å². The molecule has 108 valence electrons. The summed E-state index contributed by atoms with van der Waals surface area (Å²) in [5, 5.41) is 2.92. The number of benzene rings is 2. The molecule has 7 heteroatoms. The number of halogens is 3. The summed E-state index contributed by atoms with van der Waals surface area (Å²) in [6, 6.07) is 13.5. The van der Waals surface area contributed by atoms with Gasteiger partial charge in [0.25, 0.3) is 6.01 Å². The molecule has 0 saturated heterocycles. The molecule has 0 spiro atoms. The molecule has 21 heavy (non-hydrogen) atoms. The maximum atomic E-state index is 12.2. The van der Waals surface area contributed by atoms with Gasteiger partial charge in [-0.3, -0.25) is 0 Å². The molecule has 0 bridgehead atoms. The number of fused-ring (bicyclic) bond motifs is 1. The zero-order chi connectivity index (χ0) is 14.9. The molecule has 3 rings (SSSR count). The molecule has 0 aliphatic heterocycles. The van der Waals surface area contributed by atoms with Crippen LogP contribution in [0.15, 0.2) is 57.8 Å². The van der Waals surface area contributed by atoms with Gasteiger partial charge in [-0.05, 0) is 48.2 Å². The van der Waals surface area contributed by atoms with Crippen molar-refractivity contribution in [2.75, 3.05) is 5.32 Å². The summed E-state index contributed by atoms with van der Waals surface area (Å²) in [6.45, 7) is 0. The number of hydrogen-bond donors (Lipinski definition) is 1. The van der Waals surface area contributed by atoms with Gasteiger partial charge in [-0.25, -0.2) is 0 Å². The highest BCUT2D eigenvalue weighted by molar-refractivity contribution is 8.00. The minimum absolute atomic E-state index is 0.130. The fourth-order valence-electron chi connectivity index (χ4n) is 1.79. The summed E-state index contributed by atoms with van der Waals surface area (Å²) < 4.78 is 42.2. The lowest BCUT2D eigenvalue weighted by Gasteiger charge is -2.06. The molecule has 1 heterocycles. The maximum absolute atomic E-state index is 12.2. The van der Waals surface area contributed by atoms with E-state index in [0.717, 1.165) is 0 Å². The minimum Gasteiger partial charge on any atom is -0.423 e. The van der Waals surface area contributed by atoms with Crippen molar-refractivity contribution in [3.8, 4) is 0 Å². The van der Waals surface area contributed by atoms with Crippen molar-refractivity contribution in [1.82, 2.24) is 4.98 Å². The van der Waals surface area contributed by atoms with Gasteiger partial charge in [-0.15, -0.1) is 0 Å². The lowest BCUT2D eigenvalue weighted by molar-refractivity contribution is -0.0328. The number of anilines is 2. The van der Waals surface area contributed by atoms with Gasteiger partial charge in [0.1, 0.15) is 5.52 Å². The van der Waals surface area contributed by atoms with Crippen LogP contribution < -0.4 is 5.32 Å². The second-order valence-corrected chi connectivity index (χ2v) is 5.32. The van der Waals surface area contributed by atoms with Crippen LogP contribution in [-0.2, 0) is 0 Å². The van der Waals surface area contributed by atoms with E-state index in [9.17, 15) is 13.2 Å². The second kappa shape index (κ2) is 5.33. The molecule has 0 radical (unpaired) electrons. The summed E-state index contributed by atoms with van der Waals surface area (Å²) in [5.74, 6) is 0. The van der Waals surface area contributed by atoms with E-state index in [1.165, 1.54) is 12.1 Å². The molecular formula is C14H9F3N2OS. The van der Waals surface area contributed by atoms with Crippen LogP contribution in [0.4, 0.5) is 24.9 Å². The standard InChI is InChI=1S/C14H9F3N2OS/c15-14(16,17)21-10-7-5-9(6-8-10)18-13-19-11-3-1-2-4-12(11)20-13/h1-8H,(H,18,19). The average molecular weight is 310 g/mol. The lowest BCUT2D eigenvalue weighted by Crippen LogP contribution is -1.99. The normalized spacial score (nSPS) is 11.8. The highest BCUT2D eigenvalue weighted by Crippen LogP contribution is 2.37. The molecule has 1 aromatic heterocycles. The summed E-state index contributed by atoms with van der Waals surface area (Å²) in [6.07, 6.45) is 0. The zero-order valence-corrected chi connectivity index (χ0v) is 11.3. The zero-order valence-electron chi connectivity index (χ0n) is 10.5. The van der Waals surface area contributed by atoms with Gasteiger partial charge in [0.2, 0.25) is 0 Å². The summed E-state index contributed by atoms with van der Waals surface area (Å²) >= 11 is -0.147. The molecular weight excluding hydrogens is 301 g/mol. The molecule has 0 aliphatic carbocycles. The summed E-state index contributed by atoms with van der Waals surface area (Å²) in [4.78, 5) is 4.36. The van der Waals surface area contributed by atoms with Crippen molar-refractivity contribution in [1.29, 1.82) is 0 Å². The highest BCUT2D eigenvalue weighted by Gasteiger charge is 2.28. The summed E-state index contributed by atoms with van der Waals surface area (Å²) in [7, 11) is 0. The van der Waals surface area contributed by atoms with Gasteiger partial charge in [-0.1, -0.05) is 12.1 Å². The van der Waals surface area contributed by atoms with Gasteiger partial charge in [0, 0.05) is 10.6 Å². The Hall–Kier alpha value is -2.15. The van der Waals surface area contributed by atoms with Crippen molar-refractivity contribution in [2.45, 2.75) is 10.4 Å². The van der Waals surface area contributed by atoms with Crippen LogP contribution in [0.25, 0.3) is 11.1 Å². The molecule has 3 aromatic rings. The maximum Gasteiger partial charge on any atom is 0.446 e. The topological polar surface area (TPSA) is 38.1 Å². The smallest absolute Gasteiger partial charge is 0.423 e. The third kappa shape index (κ3) is 3.49. The predicted octanol–water partition coefficient (Wildman–Crippen LogP) is 5.18. The van der Waals surface area contributed by atoms with E-state index >= 15 is 0 Å². The summed E-state index contributed by atoms with van der Waals surface area (Å²) in [5.41, 5.74) is -2.32. The number of para-hydroxylation sites is 2. The van der Waals surface area contributed by atoms with E-state index < -0.39 is 5.51 Å². The Bertz CT molecular complexity index is 720. The molecule has 1 N–H and O–H groups in total. The number of thioether (sulfide) groups is 1. The first kappa shape index (κ1) is 13.8. The van der Waals surface area contributed by atoms with Gasteiger partial charge in [-0.2, -0.15) is 18.2 Å². The monoisotopic (exact) mass is 310 g/mol. The Morgan fingerprint density at radius 3 is 2.38 bits per heavy atom.